The molecule has 0 saturated carbocycles. The molecule has 2 aromatic carbocycles. The summed E-state index contributed by atoms with van der Waals surface area (Å²) >= 11 is 0. The minimum absolute atomic E-state index is 0.0731. The molecule has 0 radical (unpaired) electrons. The molecule has 1 saturated heterocycles. The Hall–Kier alpha value is -2.70. The van der Waals surface area contributed by atoms with Gasteiger partial charge in [0, 0.05) is 63.8 Å². The summed E-state index contributed by atoms with van der Waals surface area (Å²) in [5, 5.41) is 0. The molecule has 0 aromatic heterocycles. The zero-order valence-corrected chi connectivity index (χ0v) is 24.5. The van der Waals surface area contributed by atoms with Crippen molar-refractivity contribution in [1.82, 2.24) is 4.90 Å². The first-order valence-electron chi connectivity index (χ1n) is 13.2. The maximum atomic E-state index is 13.6. The van der Waals surface area contributed by atoms with Crippen LogP contribution in [0.15, 0.2) is 59.7 Å². The van der Waals surface area contributed by atoms with Gasteiger partial charge in [0.25, 0.3) is 0 Å². The number of rotatable bonds is 12. The maximum Gasteiger partial charge on any atom is 0.330 e. The van der Waals surface area contributed by atoms with E-state index in [1.807, 2.05) is 78.5 Å². The third-order valence-corrected chi connectivity index (χ3v) is 8.60. The first-order valence-corrected chi connectivity index (χ1v) is 15.0. The molecule has 0 aliphatic carbocycles. The van der Waals surface area contributed by atoms with E-state index in [-0.39, 0.29) is 5.78 Å². The SMILES string of the molecule is CCOP(=O)(CCCN1C/C(=C\c2ccc(N(C)C)cc2)C(=O)/C(=C/c2ccc(N(C)C)cc2)C1)OCC. The summed E-state index contributed by atoms with van der Waals surface area (Å²) in [5.74, 6) is 0.0731. The molecule has 0 spiro atoms. The van der Waals surface area contributed by atoms with Crippen LogP contribution in [0.1, 0.15) is 31.4 Å². The zero-order valence-electron chi connectivity index (χ0n) is 23.6. The second-order valence-electron chi connectivity index (χ2n) is 9.87. The van der Waals surface area contributed by atoms with Gasteiger partial charge >= 0.3 is 7.60 Å². The van der Waals surface area contributed by atoms with Crippen molar-refractivity contribution in [2.75, 3.05) is 77.0 Å². The van der Waals surface area contributed by atoms with Crippen LogP contribution >= 0.6 is 7.60 Å². The zero-order chi connectivity index (χ0) is 27.7. The third kappa shape index (κ3) is 8.40. The van der Waals surface area contributed by atoms with E-state index in [2.05, 4.69) is 39.0 Å². The molecular formula is C30H42N3O4P. The summed E-state index contributed by atoms with van der Waals surface area (Å²) in [4.78, 5) is 19.9. The van der Waals surface area contributed by atoms with Gasteiger partial charge < -0.3 is 18.8 Å². The number of likely N-dealkylation sites (tertiary alicyclic amines) is 1. The van der Waals surface area contributed by atoms with E-state index < -0.39 is 7.60 Å². The average molecular weight is 540 g/mol. The Morgan fingerprint density at radius 3 is 1.58 bits per heavy atom. The Morgan fingerprint density at radius 1 is 0.789 bits per heavy atom. The standard InChI is InChI=1S/C30H42N3O4P/c1-7-36-38(35,37-8-2)19-9-18-33-22-26(20-24-10-14-28(15-11-24)31(3)4)30(34)27(23-33)21-25-12-16-29(17-13-25)32(5)6/h10-17,20-21H,7-9,18-19,22-23H2,1-6H3/b26-20+,27-21+. The van der Waals surface area contributed by atoms with E-state index in [0.29, 0.717) is 45.4 Å². The van der Waals surface area contributed by atoms with Gasteiger partial charge in [0.1, 0.15) is 0 Å². The van der Waals surface area contributed by atoms with Gasteiger partial charge in [0.2, 0.25) is 0 Å². The molecule has 0 N–H and O–H groups in total. The quantitative estimate of drug-likeness (QED) is 0.249. The number of piperidine rings is 1. The van der Waals surface area contributed by atoms with Crippen LogP contribution in [0.2, 0.25) is 0 Å². The van der Waals surface area contributed by atoms with Crippen LogP contribution in [0.25, 0.3) is 12.2 Å². The number of Topliss-reactive ketones (excluding diaryl/α,β-unsaturated/α-hetero) is 1. The van der Waals surface area contributed by atoms with Crippen LogP contribution in [0.5, 0.6) is 0 Å². The molecule has 1 fully saturated rings. The molecule has 1 aliphatic heterocycles. The lowest BCUT2D eigenvalue weighted by molar-refractivity contribution is -0.113. The number of benzene rings is 2. The number of carbonyl (C=O) groups is 1. The minimum atomic E-state index is -3.10. The van der Waals surface area contributed by atoms with Gasteiger partial charge in [-0.1, -0.05) is 24.3 Å². The van der Waals surface area contributed by atoms with Gasteiger partial charge in [-0.2, -0.15) is 0 Å². The molecule has 0 unspecified atom stereocenters. The lowest BCUT2D eigenvalue weighted by atomic mass is 9.94. The predicted octanol–water partition coefficient (Wildman–Crippen LogP) is 5.83. The molecule has 0 atom stereocenters. The van der Waals surface area contributed by atoms with Crippen LogP contribution in [0.4, 0.5) is 11.4 Å². The van der Waals surface area contributed by atoms with Crippen molar-refractivity contribution in [3.8, 4) is 0 Å². The fourth-order valence-electron chi connectivity index (χ4n) is 4.46. The first-order chi connectivity index (χ1) is 18.1. The average Bonchev–Trinajstić information content (AvgIpc) is 2.87. The number of hydrogen-bond acceptors (Lipinski definition) is 7. The molecular weight excluding hydrogens is 497 g/mol. The van der Waals surface area contributed by atoms with E-state index in [1.54, 1.807) is 0 Å². The molecule has 2 aromatic rings. The minimum Gasteiger partial charge on any atom is -0.378 e. The second kappa shape index (κ2) is 13.9. The number of hydrogen-bond donors (Lipinski definition) is 0. The summed E-state index contributed by atoms with van der Waals surface area (Å²) in [6.45, 7) is 6.13. The lowest BCUT2D eigenvalue weighted by Gasteiger charge is -2.30. The van der Waals surface area contributed by atoms with Crippen LogP contribution in [-0.2, 0) is 18.4 Å². The monoisotopic (exact) mass is 539 g/mol. The van der Waals surface area contributed by atoms with Gasteiger partial charge in [-0.25, -0.2) is 0 Å². The smallest absolute Gasteiger partial charge is 0.330 e. The summed E-state index contributed by atoms with van der Waals surface area (Å²) in [7, 11) is 4.94. The Bertz CT molecular complexity index is 1090. The number of carbonyl (C=O) groups excluding carboxylic acids is 1. The van der Waals surface area contributed by atoms with Gasteiger partial charge in [0.15, 0.2) is 5.78 Å². The first kappa shape index (κ1) is 29.9. The van der Waals surface area contributed by atoms with Crippen LogP contribution in [0.3, 0.4) is 0 Å². The van der Waals surface area contributed by atoms with Crippen molar-refractivity contribution in [3.63, 3.8) is 0 Å². The van der Waals surface area contributed by atoms with Crippen LogP contribution in [0, 0.1) is 0 Å². The van der Waals surface area contributed by atoms with Crippen molar-refractivity contribution < 1.29 is 18.4 Å². The normalized spacial score (nSPS) is 16.8. The molecule has 0 amide bonds. The summed E-state index contributed by atoms with van der Waals surface area (Å²) in [6.07, 6.45) is 4.99. The fraction of sp³-hybridized carbons (Fsp3) is 0.433. The van der Waals surface area contributed by atoms with E-state index in [9.17, 15) is 9.36 Å². The maximum absolute atomic E-state index is 13.6. The highest BCUT2D eigenvalue weighted by Gasteiger charge is 2.28. The van der Waals surface area contributed by atoms with E-state index >= 15 is 0 Å². The summed E-state index contributed by atoms with van der Waals surface area (Å²) in [6, 6.07) is 16.4. The molecule has 8 heteroatoms. The van der Waals surface area contributed by atoms with Crippen LogP contribution in [-0.4, -0.2) is 77.9 Å². The molecule has 1 aliphatic rings. The fourth-order valence-corrected chi connectivity index (χ4v) is 6.10. The van der Waals surface area contributed by atoms with Crippen molar-refractivity contribution >= 4 is 36.9 Å². The van der Waals surface area contributed by atoms with E-state index in [4.69, 9.17) is 9.05 Å². The molecule has 38 heavy (non-hydrogen) atoms. The molecule has 1 heterocycles. The van der Waals surface area contributed by atoms with Gasteiger partial charge in [-0.05, 0) is 74.4 Å². The van der Waals surface area contributed by atoms with Crippen molar-refractivity contribution in [2.45, 2.75) is 20.3 Å². The van der Waals surface area contributed by atoms with E-state index in [0.717, 1.165) is 33.6 Å². The summed E-state index contributed by atoms with van der Waals surface area (Å²) < 4.78 is 23.8. The highest BCUT2D eigenvalue weighted by molar-refractivity contribution is 7.53. The number of nitrogens with zero attached hydrogens (tertiary/aromatic N) is 3. The predicted molar refractivity (Wildman–Crippen MR) is 159 cm³/mol. The molecule has 3 rings (SSSR count). The third-order valence-electron chi connectivity index (χ3n) is 6.43. The Balaban J connectivity index is 1.85. The summed E-state index contributed by atoms with van der Waals surface area (Å²) in [5.41, 5.74) is 5.71. The topological polar surface area (TPSA) is 62.3 Å². The molecule has 0 bridgehead atoms. The van der Waals surface area contributed by atoms with Crippen molar-refractivity contribution in [2.24, 2.45) is 0 Å². The van der Waals surface area contributed by atoms with E-state index in [1.165, 1.54) is 0 Å². The Labute approximate surface area is 228 Å². The Kier molecular flexibility index (Phi) is 10.9. The second-order valence-corrected chi connectivity index (χ2v) is 12.1. The van der Waals surface area contributed by atoms with Crippen molar-refractivity contribution in [3.05, 3.63) is 70.8 Å². The van der Waals surface area contributed by atoms with Crippen LogP contribution < -0.4 is 9.80 Å². The molecule has 206 valence electrons. The highest BCUT2D eigenvalue weighted by atomic mass is 31.2. The van der Waals surface area contributed by atoms with Gasteiger partial charge in [-0.15, -0.1) is 0 Å². The largest absolute Gasteiger partial charge is 0.378 e. The highest BCUT2D eigenvalue weighted by Crippen LogP contribution is 2.48. The lowest BCUT2D eigenvalue weighted by Crippen LogP contribution is -2.38. The Morgan fingerprint density at radius 2 is 1.21 bits per heavy atom. The van der Waals surface area contributed by atoms with Crippen molar-refractivity contribution in [1.29, 1.82) is 0 Å². The number of ketones is 1. The van der Waals surface area contributed by atoms with Gasteiger partial charge in [-0.3, -0.25) is 14.3 Å². The van der Waals surface area contributed by atoms with Gasteiger partial charge in [0.05, 0.1) is 19.4 Å². The molecule has 7 nitrogen and oxygen atoms in total. The number of anilines is 2.